The summed E-state index contributed by atoms with van der Waals surface area (Å²) in [4.78, 5) is 8.01. The molecular formula is C15H22N2. The first kappa shape index (κ1) is 12.2. The maximum Gasteiger partial charge on any atom is 0.104 e. The number of rotatable bonds is 0. The van der Waals surface area contributed by atoms with E-state index in [1.54, 1.807) is 0 Å². The van der Waals surface area contributed by atoms with Crippen LogP contribution in [-0.2, 0) is 5.41 Å². The second-order valence-electron chi connectivity index (χ2n) is 6.05. The Bertz CT molecular complexity index is 583. The van der Waals surface area contributed by atoms with Crippen LogP contribution >= 0.6 is 0 Å². The molecule has 1 aromatic heterocycles. The highest BCUT2D eigenvalue weighted by molar-refractivity contribution is 5.85. The van der Waals surface area contributed by atoms with Gasteiger partial charge in [0.25, 0.3) is 0 Å². The number of imidazole rings is 1. The number of benzene rings is 1. The molecule has 2 heteroatoms. The van der Waals surface area contributed by atoms with Gasteiger partial charge in [0.2, 0.25) is 0 Å². The number of hydrogen-bond donors (Lipinski definition) is 1. The van der Waals surface area contributed by atoms with Gasteiger partial charge < -0.3 is 4.98 Å². The summed E-state index contributed by atoms with van der Waals surface area (Å²) >= 11 is 0. The van der Waals surface area contributed by atoms with Crippen molar-refractivity contribution < 1.29 is 0 Å². The van der Waals surface area contributed by atoms with Crippen LogP contribution in [0.15, 0.2) is 0 Å². The molecule has 0 aliphatic rings. The summed E-state index contributed by atoms with van der Waals surface area (Å²) in [5.74, 6) is 0.997. The number of nitrogens with zero attached hydrogens (tertiary/aromatic N) is 1. The van der Waals surface area contributed by atoms with Gasteiger partial charge in [-0.25, -0.2) is 4.98 Å². The second-order valence-corrected chi connectivity index (χ2v) is 6.05. The standard InChI is InChI=1S/C15H22N2/c1-8-9(2)13-14(17-11(4)16-13)10(3)12(8)15(5,6)7/h1-7H3,(H,16,17). The molecular weight excluding hydrogens is 208 g/mol. The summed E-state index contributed by atoms with van der Waals surface area (Å²) in [6.45, 7) is 15.4. The monoisotopic (exact) mass is 230 g/mol. The Labute approximate surface area is 103 Å². The van der Waals surface area contributed by atoms with E-state index in [0.717, 1.165) is 11.3 Å². The molecule has 0 saturated heterocycles. The van der Waals surface area contributed by atoms with Crippen LogP contribution in [0.3, 0.4) is 0 Å². The molecule has 0 aliphatic heterocycles. The third kappa shape index (κ3) is 1.76. The zero-order valence-corrected chi connectivity index (χ0v) is 11.9. The van der Waals surface area contributed by atoms with Gasteiger partial charge in [-0.2, -0.15) is 0 Å². The molecule has 2 aromatic rings. The molecule has 0 saturated carbocycles. The smallest absolute Gasteiger partial charge is 0.104 e. The van der Waals surface area contributed by atoms with Crippen molar-refractivity contribution in [1.29, 1.82) is 0 Å². The highest BCUT2D eigenvalue weighted by Gasteiger charge is 2.23. The lowest BCUT2D eigenvalue weighted by atomic mass is 9.79. The third-order valence-corrected chi connectivity index (χ3v) is 3.61. The first-order valence-electron chi connectivity index (χ1n) is 6.20. The van der Waals surface area contributed by atoms with E-state index in [0.29, 0.717) is 0 Å². The minimum atomic E-state index is 0.167. The minimum absolute atomic E-state index is 0.167. The normalized spacial score (nSPS) is 12.4. The summed E-state index contributed by atoms with van der Waals surface area (Å²) in [6, 6.07) is 0. The van der Waals surface area contributed by atoms with Gasteiger partial charge >= 0.3 is 0 Å². The van der Waals surface area contributed by atoms with Crippen molar-refractivity contribution >= 4 is 11.0 Å². The average Bonchev–Trinajstić information content (AvgIpc) is 2.55. The number of fused-ring (bicyclic) bond motifs is 1. The van der Waals surface area contributed by atoms with E-state index < -0.39 is 0 Å². The molecule has 0 spiro atoms. The van der Waals surface area contributed by atoms with Crippen LogP contribution in [0.5, 0.6) is 0 Å². The molecule has 0 unspecified atom stereocenters. The predicted molar refractivity (Wildman–Crippen MR) is 73.7 cm³/mol. The highest BCUT2D eigenvalue weighted by Crippen LogP contribution is 2.35. The van der Waals surface area contributed by atoms with Crippen molar-refractivity contribution in [2.45, 2.75) is 53.9 Å². The van der Waals surface area contributed by atoms with E-state index >= 15 is 0 Å². The van der Waals surface area contributed by atoms with Crippen LogP contribution in [0.25, 0.3) is 11.0 Å². The fourth-order valence-corrected chi connectivity index (χ4v) is 2.93. The largest absolute Gasteiger partial charge is 0.342 e. The first-order chi connectivity index (χ1) is 7.73. The van der Waals surface area contributed by atoms with Crippen molar-refractivity contribution in [1.82, 2.24) is 9.97 Å². The van der Waals surface area contributed by atoms with E-state index in [2.05, 4.69) is 51.5 Å². The molecule has 1 N–H and O–H groups in total. The Morgan fingerprint density at radius 3 is 2.00 bits per heavy atom. The zero-order valence-electron chi connectivity index (χ0n) is 11.9. The topological polar surface area (TPSA) is 28.7 Å². The average molecular weight is 230 g/mol. The van der Waals surface area contributed by atoms with Gasteiger partial charge in [0.15, 0.2) is 0 Å². The summed E-state index contributed by atoms with van der Waals surface area (Å²) in [5.41, 5.74) is 7.98. The van der Waals surface area contributed by atoms with E-state index in [9.17, 15) is 0 Å². The summed E-state index contributed by atoms with van der Waals surface area (Å²) in [7, 11) is 0. The van der Waals surface area contributed by atoms with E-state index in [4.69, 9.17) is 0 Å². The molecule has 2 nitrogen and oxygen atoms in total. The Kier molecular flexibility index (Phi) is 2.57. The Morgan fingerprint density at radius 1 is 0.882 bits per heavy atom. The zero-order chi connectivity index (χ0) is 13.0. The highest BCUT2D eigenvalue weighted by atomic mass is 14.9. The number of nitrogens with one attached hydrogen (secondary N) is 1. The van der Waals surface area contributed by atoms with Crippen molar-refractivity contribution in [2.75, 3.05) is 0 Å². The van der Waals surface area contributed by atoms with Crippen LogP contribution < -0.4 is 0 Å². The molecule has 0 amide bonds. The van der Waals surface area contributed by atoms with Crippen LogP contribution in [-0.4, -0.2) is 9.97 Å². The molecule has 1 aromatic carbocycles. The third-order valence-electron chi connectivity index (χ3n) is 3.61. The van der Waals surface area contributed by atoms with Crippen molar-refractivity contribution in [3.63, 3.8) is 0 Å². The molecule has 0 atom stereocenters. The van der Waals surface area contributed by atoms with Crippen molar-refractivity contribution in [3.8, 4) is 0 Å². The van der Waals surface area contributed by atoms with Gasteiger partial charge in [0.1, 0.15) is 5.82 Å². The van der Waals surface area contributed by atoms with Gasteiger partial charge in [-0.1, -0.05) is 20.8 Å². The minimum Gasteiger partial charge on any atom is -0.342 e. The maximum absolute atomic E-state index is 4.63. The van der Waals surface area contributed by atoms with Crippen molar-refractivity contribution in [3.05, 3.63) is 28.1 Å². The summed E-state index contributed by atoms with van der Waals surface area (Å²) in [5, 5.41) is 0. The summed E-state index contributed by atoms with van der Waals surface area (Å²) in [6.07, 6.45) is 0. The molecule has 0 fully saturated rings. The second kappa shape index (κ2) is 3.59. The number of H-pyrrole nitrogens is 1. The predicted octanol–water partition coefficient (Wildman–Crippen LogP) is 4.09. The van der Waals surface area contributed by atoms with Crippen molar-refractivity contribution in [2.24, 2.45) is 0 Å². The Morgan fingerprint density at radius 2 is 1.47 bits per heavy atom. The fourth-order valence-electron chi connectivity index (χ4n) is 2.93. The lowest BCUT2D eigenvalue weighted by Crippen LogP contribution is -2.16. The number of aromatic amines is 1. The Hall–Kier alpha value is -1.31. The van der Waals surface area contributed by atoms with E-state index in [1.807, 2.05) is 6.92 Å². The molecule has 2 rings (SSSR count). The van der Waals surface area contributed by atoms with Gasteiger partial charge in [0, 0.05) is 0 Å². The van der Waals surface area contributed by atoms with E-state index in [-0.39, 0.29) is 5.41 Å². The lowest BCUT2D eigenvalue weighted by Gasteiger charge is -2.25. The quantitative estimate of drug-likeness (QED) is 0.725. The summed E-state index contributed by atoms with van der Waals surface area (Å²) < 4.78 is 0. The molecule has 17 heavy (non-hydrogen) atoms. The number of aryl methyl sites for hydroxylation is 3. The lowest BCUT2D eigenvalue weighted by molar-refractivity contribution is 0.582. The fraction of sp³-hybridized carbons (Fsp3) is 0.533. The van der Waals surface area contributed by atoms with Gasteiger partial charge in [-0.3, -0.25) is 0 Å². The number of aromatic nitrogens is 2. The van der Waals surface area contributed by atoms with Crippen LogP contribution in [0.4, 0.5) is 0 Å². The van der Waals surface area contributed by atoms with Gasteiger partial charge in [0.05, 0.1) is 11.0 Å². The van der Waals surface area contributed by atoms with Gasteiger partial charge in [-0.15, -0.1) is 0 Å². The SMILES string of the molecule is Cc1nc2c(C)c(C(C)(C)C)c(C)c(C)c2[nH]1. The van der Waals surface area contributed by atoms with Crippen LogP contribution in [0, 0.1) is 27.7 Å². The van der Waals surface area contributed by atoms with Crippen LogP contribution in [0.1, 0.15) is 48.8 Å². The maximum atomic E-state index is 4.63. The molecule has 0 bridgehead atoms. The molecule has 92 valence electrons. The Balaban J connectivity index is 2.96. The molecule has 0 aliphatic carbocycles. The van der Waals surface area contributed by atoms with E-state index in [1.165, 1.54) is 27.8 Å². The number of hydrogen-bond acceptors (Lipinski definition) is 1. The van der Waals surface area contributed by atoms with Gasteiger partial charge in [-0.05, 0) is 55.4 Å². The first-order valence-corrected chi connectivity index (χ1v) is 6.20. The molecule has 1 heterocycles. The van der Waals surface area contributed by atoms with Crippen LogP contribution in [0.2, 0.25) is 0 Å². The molecule has 0 radical (unpaired) electrons.